The molecule has 0 amide bonds. The second kappa shape index (κ2) is 5.90. The van der Waals surface area contributed by atoms with Crippen LogP contribution in [0.5, 0.6) is 0 Å². The molecule has 0 bridgehead atoms. The van der Waals surface area contributed by atoms with Crippen LogP contribution in [0, 0.1) is 11.3 Å². The van der Waals surface area contributed by atoms with Crippen LogP contribution in [-0.2, 0) is 4.79 Å². The molecule has 20 heavy (non-hydrogen) atoms. The number of anilines is 1. The van der Waals surface area contributed by atoms with Crippen molar-refractivity contribution in [1.82, 2.24) is 0 Å². The smallest absolute Gasteiger partial charge is 0.346 e. The predicted octanol–water partition coefficient (Wildman–Crippen LogP) is 3.53. The first-order valence-corrected chi connectivity index (χ1v) is 7.37. The van der Waals surface area contributed by atoms with Gasteiger partial charge in [-0.25, -0.2) is 4.79 Å². The maximum Gasteiger partial charge on any atom is 0.346 e. The third-order valence-electron chi connectivity index (χ3n) is 2.54. The van der Waals surface area contributed by atoms with Gasteiger partial charge >= 0.3 is 5.97 Å². The van der Waals surface area contributed by atoms with Gasteiger partial charge in [0.2, 0.25) is 0 Å². The summed E-state index contributed by atoms with van der Waals surface area (Å²) in [7, 11) is 3.98. The summed E-state index contributed by atoms with van der Waals surface area (Å²) < 4.78 is 0. The van der Waals surface area contributed by atoms with Gasteiger partial charge in [0, 0.05) is 28.7 Å². The summed E-state index contributed by atoms with van der Waals surface area (Å²) in [5.41, 5.74) is -0.251. The molecule has 6 heteroatoms. The van der Waals surface area contributed by atoms with E-state index in [4.69, 9.17) is 10.4 Å². The predicted molar refractivity (Wildman–Crippen MR) is 83.2 cm³/mol. The van der Waals surface area contributed by atoms with Crippen LogP contribution in [0.1, 0.15) is 4.88 Å². The Labute approximate surface area is 124 Å². The van der Waals surface area contributed by atoms with Gasteiger partial charge in [0.05, 0.1) is 5.00 Å². The molecule has 0 aliphatic rings. The van der Waals surface area contributed by atoms with Crippen molar-refractivity contribution in [2.45, 2.75) is 0 Å². The zero-order chi connectivity index (χ0) is 14.7. The minimum Gasteiger partial charge on any atom is -0.477 e. The summed E-state index contributed by atoms with van der Waals surface area (Å²) in [6.45, 7) is 0. The number of carboxylic acid groups (broad SMARTS) is 1. The van der Waals surface area contributed by atoms with Gasteiger partial charge in [-0.2, -0.15) is 5.26 Å². The fraction of sp³-hybridized carbons (Fsp3) is 0.143. The van der Waals surface area contributed by atoms with Crippen molar-refractivity contribution in [3.63, 3.8) is 0 Å². The molecule has 0 saturated carbocycles. The Morgan fingerprint density at radius 1 is 1.25 bits per heavy atom. The van der Waals surface area contributed by atoms with E-state index in [1.165, 1.54) is 17.4 Å². The second-order valence-corrected chi connectivity index (χ2v) is 6.39. The minimum atomic E-state index is -1.20. The van der Waals surface area contributed by atoms with Crippen LogP contribution in [-0.4, -0.2) is 25.2 Å². The van der Waals surface area contributed by atoms with E-state index in [1.54, 1.807) is 17.4 Å². The molecule has 0 atom stereocenters. The molecule has 4 nitrogen and oxygen atoms in total. The Hall–Kier alpha value is -2.10. The van der Waals surface area contributed by atoms with Gasteiger partial charge in [-0.15, -0.1) is 22.7 Å². The first kappa shape index (κ1) is 14.3. The number of hydrogen-bond acceptors (Lipinski definition) is 5. The van der Waals surface area contributed by atoms with Gasteiger partial charge in [-0.3, -0.25) is 0 Å². The SMILES string of the molecule is CN(C)c1ccc(-c2ccc(/C=C(\C#N)C(=O)O)s2)s1. The molecular weight excluding hydrogens is 292 g/mol. The van der Waals surface area contributed by atoms with E-state index in [0.717, 1.165) is 19.6 Å². The van der Waals surface area contributed by atoms with Crippen molar-refractivity contribution in [2.24, 2.45) is 0 Å². The first-order valence-electron chi connectivity index (χ1n) is 5.73. The molecule has 2 heterocycles. The van der Waals surface area contributed by atoms with Crippen molar-refractivity contribution in [3.8, 4) is 15.8 Å². The maximum absolute atomic E-state index is 10.8. The molecule has 0 radical (unpaired) electrons. The fourth-order valence-corrected chi connectivity index (χ4v) is 3.52. The topological polar surface area (TPSA) is 64.3 Å². The number of carbonyl (C=O) groups is 1. The normalized spacial score (nSPS) is 11.2. The molecule has 0 spiro atoms. The monoisotopic (exact) mass is 304 g/mol. The van der Waals surface area contributed by atoms with Crippen molar-refractivity contribution in [3.05, 3.63) is 34.7 Å². The lowest BCUT2D eigenvalue weighted by molar-refractivity contribution is -0.132. The average Bonchev–Trinajstić information content (AvgIpc) is 3.04. The first-order chi connectivity index (χ1) is 9.51. The lowest BCUT2D eigenvalue weighted by Crippen LogP contribution is -2.05. The summed E-state index contributed by atoms with van der Waals surface area (Å²) in [5, 5.41) is 18.7. The Morgan fingerprint density at radius 2 is 1.90 bits per heavy atom. The quantitative estimate of drug-likeness (QED) is 0.693. The third-order valence-corrected chi connectivity index (χ3v) is 5.02. The third kappa shape index (κ3) is 3.07. The number of hydrogen-bond donors (Lipinski definition) is 1. The zero-order valence-electron chi connectivity index (χ0n) is 11.0. The van der Waals surface area contributed by atoms with E-state index in [2.05, 4.69) is 0 Å². The van der Waals surface area contributed by atoms with E-state index < -0.39 is 5.97 Å². The van der Waals surface area contributed by atoms with Crippen molar-refractivity contribution < 1.29 is 9.90 Å². The highest BCUT2D eigenvalue weighted by molar-refractivity contribution is 7.24. The Morgan fingerprint density at radius 3 is 2.45 bits per heavy atom. The molecule has 0 unspecified atom stereocenters. The van der Waals surface area contributed by atoms with Gasteiger partial charge in [-0.1, -0.05) is 0 Å². The summed E-state index contributed by atoms with van der Waals surface area (Å²) in [5.74, 6) is -1.20. The number of nitriles is 1. The number of carboxylic acids is 1. The highest BCUT2D eigenvalue weighted by atomic mass is 32.1. The molecular formula is C14H12N2O2S2. The van der Waals surface area contributed by atoms with Crippen LogP contribution in [0.25, 0.3) is 15.8 Å². The summed E-state index contributed by atoms with van der Waals surface area (Å²) in [4.78, 5) is 15.8. The average molecular weight is 304 g/mol. The highest BCUT2D eigenvalue weighted by Crippen LogP contribution is 2.37. The Bertz CT molecular complexity index is 705. The molecule has 0 aliphatic heterocycles. The van der Waals surface area contributed by atoms with Crippen LogP contribution in [0.4, 0.5) is 5.00 Å². The van der Waals surface area contributed by atoms with Gasteiger partial charge in [0.25, 0.3) is 0 Å². The van der Waals surface area contributed by atoms with Gasteiger partial charge in [0.1, 0.15) is 11.6 Å². The number of aliphatic carboxylic acids is 1. The van der Waals surface area contributed by atoms with Crippen molar-refractivity contribution in [1.29, 1.82) is 5.26 Å². The molecule has 2 aromatic heterocycles. The fourth-order valence-electron chi connectivity index (χ4n) is 1.55. The van der Waals surface area contributed by atoms with Crippen LogP contribution in [0.3, 0.4) is 0 Å². The van der Waals surface area contributed by atoms with E-state index in [-0.39, 0.29) is 5.57 Å². The summed E-state index contributed by atoms with van der Waals surface area (Å²) >= 11 is 3.15. The Balaban J connectivity index is 2.29. The van der Waals surface area contributed by atoms with Crippen LogP contribution in [0.2, 0.25) is 0 Å². The standard InChI is InChI=1S/C14H12N2O2S2/c1-16(2)13-6-5-12(20-13)11-4-3-10(19-11)7-9(8-15)14(17)18/h3-7H,1-2H3,(H,17,18)/b9-7+. The van der Waals surface area contributed by atoms with E-state index in [0.29, 0.717) is 0 Å². The van der Waals surface area contributed by atoms with E-state index in [9.17, 15) is 4.79 Å². The highest BCUT2D eigenvalue weighted by Gasteiger charge is 2.09. The summed E-state index contributed by atoms with van der Waals surface area (Å²) in [6, 6.07) is 9.55. The molecule has 0 fully saturated rings. The molecule has 2 aromatic rings. The van der Waals surface area contributed by atoms with E-state index >= 15 is 0 Å². The van der Waals surface area contributed by atoms with Crippen LogP contribution < -0.4 is 4.90 Å². The Kier molecular flexibility index (Phi) is 4.23. The molecule has 102 valence electrons. The lowest BCUT2D eigenvalue weighted by atomic mass is 10.2. The van der Waals surface area contributed by atoms with Crippen LogP contribution >= 0.6 is 22.7 Å². The van der Waals surface area contributed by atoms with Gasteiger partial charge < -0.3 is 10.0 Å². The molecule has 0 saturated heterocycles. The lowest BCUT2D eigenvalue weighted by Gasteiger charge is -2.06. The number of rotatable bonds is 4. The minimum absolute atomic E-state index is 0.251. The number of nitrogens with zero attached hydrogens (tertiary/aromatic N) is 2. The summed E-state index contributed by atoms with van der Waals surface area (Å²) in [6.07, 6.45) is 1.40. The number of thiophene rings is 2. The van der Waals surface area contributed by atoms with Gasteiger partial charge in [0.15, 0.2) is 0 Å². The van der Waals surface area contributed by atoms with E-state index in [1.807, 2.05) is 43.3 Å². The molecule has 1 N–H and O–H groups in total. The molecule has 0 aromatic carbocycles. The van der Waals surface area contributed by atoms with Crippen LogP contribution in [0.15, 0.2) is 29.8 Å². The largest absolute Gasteiger partial charge is 0.477 e. The van der Waals surface area contributed by atoms with Gasteiger partial charge in [-0.05, 0) is 30.3 Å². The zero-order valence-corrected chi connectivity index (χ0v) is 12.6. The second-order valence-electron chi connectivity index (χ2n) is 4.21. The van der Waals surface area contributed by atoms with Crippen molar-refractivity contribution in [2.75, 3.05) is 19.0 Å². The maximum atomic E-state index is 10.8. The molecule has 2 rings (SSSR count). The molecule has 0 aliphatic carbocycles. The van der Waals surface area contributed by atoms with Crippen molar-refractivity contribution >= 4 is 39.7 Å².